The minimum atomic E-state index is -0.972. The van der Waals surface area contributed by atoms with E-state index in [1.54, 1.807) is 7.11 Å². The van der Waals surface area contributed by atoms with Gasteiger partial charge >= 0.3 is 5.97 Å². The number of rotatable bonds is 11. The van der Waals surface area contributed by atoms with Crippen LogP contribution in [0.1, 0.15) is 18.4 Å². The van der Waals surface area contributed by atoms with Gasteiger partial charge in [-0.25, -0.2) is 0 Å². The van der Waals surface area contributed by atoms with E-state index in [4.69, 9.17) is 14.6 Å². The molecule has 7 nitrogen and oxygen atoms in total. The van der Waals surface area contributed by atoms with Crippen LogP contribution in [0.5, 0.6) is 11.5 Å². The van der Waals surface area contributed by atoms with Gasteiger partial charge in [-0.2, -0.15) is 0 Å². The maximum absolute atomic E-state index is 11.5. The predicted octanol–water partition coefficient (Wildman–Crippen LogP) is 1.16. The van der Waals surface area contributed by atoms with Gasteiger partial charge in [0.25, 0.3) is 0 Å². The van der Waals surface area contributed by atoms with Crippen molar-refractivity contribution in [2.45, 2.75) is 19.3 Å². The molecule has 1 rings (SSSR count). The first-order valence-electron chi connectivity index (χ1n) is 7.85. The number of nitrogens with zero attached hydrogens (tertiary/aromatic N) is 1. The lowest BCUT2D eigenvalue weighted by atomic mass is 10.1. The van der Waals surface area contributed by atoms with Crippen molar-refractivity contribution in [3.05, 3.63) is 23.8 Å². The number of nitrogens with one attached hydrogen (secondary N) is 1. The highest BCUT2D eigenvalue weighted by Gasteiger charge is 2.08. The molecule has 0 aromatic heterocycles. The normalized spacial score (nSPS) is 10.5. The largest absolute Gasteiger partial charge is 0.493 e. The van der Waals surface area contributed by atoms with Crippen molar-refractivity contribution < 1.29 is 24.2 Å². The second kappa shape index (κ2) is 10.5. The van der Waals surface area contributed by atoms with Crippen LogP contribution >= 0.6 is 0 Å². The van der Waals surface area contributed by atoms with E-state index in [2.05, 4.69) is 5.32 Å². The molecule has 0 spiro atoms. The Kier molecular flexibility index (Phi) is 8.64. The molecule has 1 amide bonds. The molecule has 0 bridgehead atoms. The highest BCUT2D eigenvalue weighted by Crippen LogP contribution is 2.28. The third-order valence-corrected chi connectivity index (χ3v) is 3.33. The number of carbonyl (C=O) groups is 2. The fourth-order valence-electron chi connectivity index (χ4n) is 1.98. The monoisotopic (exact) mass is 338 g/mol. The van der Waals surface area contributed by atoms with E-state index in [0.717, 1.165) is 12.1 Å². The van der Waals surface area contributed by atoms with E-state index in [0.29, 0.717) is 31.1 Å². The second-order valence-corrected chi connectivity index (χ2v) is 5.63. The molecule has 1 aromatic carbocycles. The van der Waals surface area contributed by atoms with E-state index in [9.17, 15) is 9.59 Å². The number of carboxylic acid groups (broad SMARTS) is 1. The first-order valence-corrected chi connectivity index (χ1v) is 7.85. The van der Waals surface area contributed by atoms with Gasteiger partial charge in [0.2, 0.25) is 5.91 Å². The molecule has 0 unspecified atom stereocenters. The second-order valence-electron chi connectivity index (χ2n) is 5.63. The minimum absolute atomic E-state index is 0.00267. The number of carboxylic acids is 1. The van der Waals surface area contributed by atoms with E-state index in [1.807, 2.05) is 37.2 Å². The topological polar surface area (TPSA) is 88.1 Å². The summed E-state index contributed by atoms with van der Waals surface area (Å²) in [6.45, 7) is 1.83. The van der Waals surface area contributed by atoms with Crippen LogP contribution in [0, 0.1) is 0 Å². The van der Waals surface area contributed by atoms with Gasteiger partial charge in [-0.05, 0) is 38.2 Å². The number of amides is 1. The molecule has 2 N–H and O–H groups in total. The van der Waals surface area contributed by atoms with Crippen molar-refractivity contribution in [2.24, 2.45) is 0 Å². The van der Waals surface area contributed by atoms with Gasteiger partial charge in [-0.1, -0.05) is 6.07 Å². The summed E-state index contributed by atoms with van der Waals surface area (Å²) in [7, 11) is 5.55. The van der Waals surface area contributed by atoms with Gasteiger partial charge in [-0.15, -0.1) is 0 Å². The summed E-state index contributed by atoms with van der Waals surface area (Å²) < 4.78 is 11.0. The van der Waals surface area contributed by atoms with Gasteiger partial charge in [0, 0.05) is 19.5 Å². The summed E-state index contributed by atoms with van der Waals surface area (Å²) in [6, 6.07) is 5.67. The molecule has 134 valence electrons. The van der Waals surface area contributed by atoms with Crippen LogP contribution in [-0.2, 0) is 16.0 Å². The number of benzene rings is 1. The Morgan fingerprint density at radius 1 is 1.21 bits per heavy atom. The lowest BCUT2D eigenvalue weighted by Gasteiger charge is -2.14. The van der Waals surface area contributed by atoms with Gasteiger partial charge in [0.05, 0.1) is 13.5 Å². The summed E-state index contributed by atoms with van der Waals surface area (Å²) in [5, 5.41) is 11.2. The van der Waals surface area contributed by atoms with Crippen molar-refractivity contribution in [3.63, 3.8) is 0 Å². The Morgan fingerprint density at radius 3 is 2.58 bits per heavy atom. The Balaban J connectivity index is 2.46. The number of hydrogen-bond acceptors (Lipinski definition) is 5. The van der Waals surface area contributed by atoms with E-state index >= 15 is 0 Å². The molecule has 0 saturated carbocycles. The first-order chi connectivity index (χ1) is 11.4. The number of aliphatic carboxylic acids is 1. The number of likely N-dealkylation sites (N-methyl/N-ethyl adjacent to an activating group) is 1. The van der Waals surface area contributed by atoms with Crippen LogP contribution in [0.25, 0.3) is 0 Å². The van der Waals surface area contributed by atoms with Gasteiger partial charge in [0.15, 0.2) is 11.5 Å². The average molecular weight is 338 g/mol. The summed E-state index contributed by atoms with van der Waals surface area (Å²) in [4.78, 5) is 23.9. The summed E-state index contributed by atoms with van der Waals surface area (Å²) in [5.41, 5.74) is 1.00. The molecule has 0 radical (unpaired) electrons. The summed E-state index contributed by atoms with van der Waals surface area (Å²) in [5.74, 6) is 0.116. The molecule has 7 heteroatoms. The van der Waals surface area contributed by atoms with Crippen LogP contribution in [0.3, 0.4) is 0 Å². The van der Waals surface area contributed by atoms with Crippen LogP contribution < -0.4 is 14.8 Å². The Hall–Kier alpha value is -2.28. The Morgan fingerprint density at radius 2 is 1.96 bits per heavy atom. The van der Waals surface area contributed by atoms with Crippen molar-refractivity contribution in [2.75, 3.05) is 40.9 Å². The third kappa shape index (κ3) is 7.82. The predicted molar refractivity (Wildman–Crippen MR) is 90.6 cm³/mol. The van der Waals surface area contributed by atoms with Crippen LogP contribution in [0.15, 0.2) is 18.2 Å². The lowest BCUT2D eigenvalue weighted by Crippen LogP contribution is -2.26. The molecule has 0 aliphatic carbocycles. The molecule has 0 aliphatic rings. The SMILES string of the molecule is COc1cc(CCNC(=O)CCC(=O)O)ccc1OCCN(C)C. The minimum Gasteiger partial charge on any atom is -0.493 e. The van der Waals surface area contributed by atoms with Crippen molar-refractivity contribution in [1.82, 2.24) is 10.2 Å². The van der Waals surface area contributed by atoms with E-state index < -0.39 is 5.97 Å². The zero-order valence-electron chi connectivity index (χ0n) is 14.5. The molecule has 24 heavy (non-hydrogen) atoms. The summed E-state index contributed by atoms with van der Waals surface area (Å²) in [6.07, 6.45) is 0.475. The summed E-state index contributed by atoms with van der Waals surface area (Å²) >= 11 is 0. The third-order valence-electron chi connectivity index (χ3n) is 3.33. The smallest absolute Gasteiger partial charge is 0.303 e. The van der Waals surface area contributed by atoms with Crippen molar-refractivity contribution in [1.29, 1.82) is 0 Å². The highest BCUT2D eigenvalue weighted by atomic mass is 16.5. The van der Waals surface area contributed by atoms with Crippen LogP contribution in [0.4, 0.5) is 0 Å². The van der Waals surface area contributed by atoms with Crippen molar-refractivity contribution >= 4 is 11.9 Å². The van der Waals surface area contributed by atoms with Gasteiger partial charge in [0.1, 0.15) is 6.61 Å². The maximum atomic E-state index is 11.5. The van der Waals surface area contributed by atoms with Gasteiger partial charge in [-0.3, -0.25) is 9.59 Å². The first kappa shape index (κ1) is 19.8. The fraction of sp³-hybridized carbons (Fsp3) is 0.529. The average Bonchev–Trinajstić information content (AvgIpc) is 2.53. The molecule has 0 atom stereocenters. The van der Waals surface area contributed by atoms with E-state index in [1.165, 1.54) is 0 Å². The highest BCUT2D eigenvalue weighted by molar-refractivity contribution is 5.80. The maximum Gasteiger partial charge on any atom is 0.303 e. The fourth-order valence-corrected chi connectivity index (χ4v) is 1.98. The quantitative estimate of drug-likeness (QED) is 0.629. The van der Waals surface area contributed by atoms with Crippen LogP contribution in [-0.4, -0.2) is 62.8 Å². The van der Waals surface area contributed by atoms with Gasteiger partial charge < -0.3 is 24.8 Å². The lowest BCUT2D eigenvalue weighted by molar-refractivity contribution is -0.138. The number of carbonyl (C=O) groups excluding carboxylic acids is 1. The Bertz CT molecular complexity index is 546. The molecule has 0 fully saturated rings. The molecule has 0 saturated heterocycles. The molecular weight excluding hydrogens is 312 g/mol. The standard InChI is InChI=1S/C17H26N2O5/c1-19(2)10-11-24-14-5-4-13(12-15(14)23-3)8-9-18-16(20)6-7-17(21)22/h4-5,12H,6-11H2,1-3H3,(H,18,20)(H,21,22). The van der Waals surface area contributed by atoms with Crippen LogP contribution in [0.2, 0.25) is 0 Å². The molecule has 0 aliphatic heterocycles. The number of ether oxygens (including phenoxy) is 2. The molecule has 1 aromatic rings. The molecular formula is C17H26N2O5. The Labute approximate surface area is 142 Å². The zero-order valence-corrected chi connectivity index (χ0v) is 14.5. The zero-order chi connectivity index (χ0) is 17.9. The number of hydrogen-bond donors (Lipinski definition) is 2. The van der Waals surface area contributed by atoms with Crippen molar-refractivity contribution in [3.8, 4) is 11.5 Å². The number of methoxy groups -OCH3 is 1. The van der Waals surface area contributed by atoms with E-state index in [-0.39, 0.29) is 18.7 Å². The molecule has 0 heterocycles.